The summed E-state index contributed by atoms with van der Waals surface area (Å²) in [6.07, 6.45) is 5.88. The highest BCUT2D eigenvalue weighted by atomic mass is 32.2. The lowest BCUT2D eigenvalue weighted by atomic mass is 9.97. The van der Waals surface area contributed by atoms with Crippen molar-refractivity contribution < 1.29 is 13.2 Å². The number of hydrogen-bond donors (Lipinski definition) is 1. The van der Waals surface area contributed by atoms with E-state index in [4.69, 9.17) is 0 Å². The molecule has 174 valence electrons. The molecule has 0 saturated carbocycles. The van der Waals surface area contributed by atoms with E-state index in [1.165, 1.54) is 30.2 Å². The molecule has 2 fully saturated rings. The Bertz CT molecular complexity index is 840. The number of likely N-dealkylation sites (tertiary alicyclic amines) is 1. The number of carbonyl (C=O) groups excluding carboxylic acids is 1. The minimum absolute atomic E-state index is 0.0787. The Morgan fingerprint density at radius 2 is 1.68 bits per heavy atom. The van der Waals surface area contributed by atoms with Crippen molar-refractivity contribution in [2.24, 2.45) is 11.8 Å². The van der Waals surface area contributed by atoms with Gasteiger partial charge in [-0.15, -0.1) is 0 Å². The van der Waals surface area contributed by atoms with Gasteiger partial charge in [-0.3, -0.25) is 4.79 Å². The number of nitrogens with zero attached hydrogens (tertiary/aromatic N) is 2. The molecule has 3 rings (SSSR count). The summed E-state index contributed by atoms with van der Waals surface area (Å²) in [4.78, 5) is 15.4. The molecule has 0 radical (unpaired) electrons. The molecule has 31 heavy (non-hydrogen) atoms. The van der Waals surface area contributed by atoms with Crippen molar-refractivity contribution in [2.75, 3.05) is 39.3 Å². The van der Waals surface area contributed by atoms with Gasteiger partial charge in [0, 0.05) is 25.6 Å². The third-order valence-corrected chi connectivity index (χ3v) is 8.91. The molecule has 1 aromatic carbocycles. The quantitative estimate of drug-likeness (QED) is 0.618. The van der Waals surface area contributed by atoms with Crippen LogP contribution in [0.15, 0.2) is 23.1 Å². The molecule has 0 spiro atoms. The van der Waals surface area contributed by atoms with E-state index in [2.05, 4.69) is 17.1 Å². The van der Waals surface area contributed by atoms with Gasteiger partial charge in [0.25, 0.3) is 0 Å². The molecule has 6 nitrogen and oxygen atoms in total. The van der Waals surface area contributed by atoms with Gasteiger partial charge in [-0.25, -0.2) is 8.42 Å². The van der Waals surface area contributed by atoms with E-state index in [0.29, 0.717) is 37.4 Å². The van der Waals surface area contributed by atoms with Gasteiger partial charge in [-0.1, -0.05) is 13.0 Å². The van der Waals surface area contributed by atoms with Crippen molar-refractivity contribution in [3.8, 4) is 0 Å². The Hall–Kier alpha value is -1.44. The molecule has 2 aliphatic heterocycles. The summed E-state index contributed by atoms with van der Waals surface area (Å²) in [5, 5.41) is 3.07. The third-order valence-electron chi connectivity index (χ3n) is 7.02. The van der Waals surface area contributed by atoms with Crippen LogP contribution in [0, 0.1) is 25.7 Å². The van der Waals surface area contributed by atoms with Gasteiger partial charge in [0.2, 0.25) is 15.9 Å². The molecule has 2 heterocycles. The topological polar surface area (TPSA) is 69.7 Å². The minimum atomic E-state index is -3.49. The molecule has 2 saturated heterocycles. The second-order valence-corrected chi connectivity index (χ2v) is 11.4. The largest absolute Gasteiger partial charge is 0.356 e. The first kappa shape index (κ1) is 24.2. The van der Waals surface area contributed by atoms with E-state index in [0.717, 1.165) is 36.4 Å². The molecule has 1 N–H and O–H groups in total. The zero-order valence-corrected chi connectivity index (χ0v) is 20.2. The molecule has 0 bridgehead atoms. The fraction of sp³-hybridized carbons (Fsp3) is 0.708. The Balaban J connectivity index is 1.37. The van der Waals surface area contributed by atoms with Crippen molar-refractivity contribution in [2.45, 2.75) is 64.2 Å². The number of sulfonamides is 1. The number of rotatable bonds is 8. The molecule has 0 unspecified atom stereocenters. The van der Waals surface area contributed by atoms with E-state index in [1.54, 1.807) is 12.1 Å². The molecule has 0 aliphatic carbocycles. The molecule has 1 amide bonds. The van der Waals surface area contributed by atoms with Crippen LogP contribution in [0.25, 0.3) is 0 Å². The lowest BCUT2D eigenvalue weighted by Crippen LogP contribution is -2.43. The summed E-state index contributed by atoms with van der Waals surface area (Å²) < 4.78 is 27.4. The van der Waals surface area contributed by atoms with Gasteiger partial charge in [0.15, 0.2) is 0 Å². The number of amides is 1. The fourth-order valence-corrected chi connectivity index (χ4v) is 6.04. The van der Waals surface area contributed by atoms with Crippen LogP contribution in [0.5, 0.6) is 0 Å². The number of hydrogen-bond acceptors (Lipinski definition) is 4. The highest BCUT2D eigenvalue weighted by molar-refractivity contribution is 7.89. The minimum Gasteiger partial charge on any atom is -0.356 e. The normalized spacial score (nSPS) is 20.1. The number of carbonyl (C=O) groups is 1. The average Bonchev–Trinajstić information content (AvgIpc) is 2.76. The van der Waals surface area contributed by atoms with Gasteiger partial charge >= 0.3 is 0 Å². The second kappa shape index (κ2) is 10.9. The number of piperidine rings is 2. The van der Waals surface area contributed by atoms with Crippen LogP contribution in [0.4, 0.5) is 0 Å². The number of benzene rings is 1. The fourth-order valence-electron chi connectivity index (χ4n) is 4.48. The van der Waals surface area contributed by atoms with Gasteiger partial charge in [-0.05, 0) is 101 Å². The summed E-state index contributed by atoms with van der Waals surface area (Å²) in [5.74, 6) is 0.850. The zero-order valence-electron chi connectivity index (χ0n) is 19.4. The lowest BCUT2D eigenvalue weighted by Gasteiger charge is -2.31. The van der Waals surface area contributed by atoms with E-state index >= 15 is 0 Å². The van der Waals surface area contributed by atoms with Crippen LogP contribution in [-0.2, 0) is 14.8 Å². The van der Waals surface area contributed by atoms with Crippen molar-refractivity contribution >= 4 is 15.9 Å². The first-order chi connectivity index (χ1) is 14.8. The SMILES string of the molecule is Cc1ccc(S(=O)(=O)N2CCC(C(=O)NCCCCN3CCC(C)CC3)CC2)cc1C. The number of unbranched alkanes of at least 4 members (excludes halogenated alkanes) is 1. The van der Waals surface area contributed by atoms with Gasteiger partial charge in [-0.2, -0.15) is 4.31 Å². The maximum Gasteiger partial charge on any atom is 0.243 e. The van der Waals surface area contributed by atoms with Gasteiger partial charge in [0.05, 0.1) is 4.90 Å². The number of aryl methyl sites for hydroxylation is 2. The van der Waals surface area contributed by atoms with E-state index in [-0.39, 0.29) is 11.8 Å². The van der Waals surface area contributed by atoms with Gasteiger partial charge < -0.3 is 10.2 Å². The van der Waals surface area contributed by atoms with E-state index < -0.39 is 10.0 Å². The van der Waals surface area contributed by atoms with Crippen LogP contribution in [-0.4, -0.2) is 62.8 Å². The maximum absolute atomic E-state index is 12.9. The average molecular weight is 450 g/mol. The first-order valence-corrected chi connectivity index (χ1v) is 13.3. The Kier molecular flexibility index (Phi) is 8.53. The van der Waals surface area contributed by atoms with Crippen molar-refractivity contribution in [1.82, 2.24) is 14.5 Å². The molecular weight excluding hydrogens is 410 g/mol. The molecule has 0 atom stereocenters. The first-order valence-electron chi connectivity index (χ1n) is 11.8. The molecule has 2 aliphatic rings. The summed E-state index contributed by atoms with van der Waals surface area (Å²) >= 11 is 0. The maximum atomic E-state index is 12.9. The summed E-state index contributed by atoms with van der Waals surface area (Å²) in [6, 6.07) is 5.28. The zero-order chi connectivity index (χ0) is 22.4. The summed E-state index contributed by atoms with van der Waals surface area (Å²) in [7, 11) is -3.49. The van der Waals surface area contributed by atoms with Crippen LogP contribution in [0.1, 0.15) is 56.6 Å². The predicted molar refractivity (Wildman–Crippen MR) is 124 cm³/mol. The van der Waals surface area contributed by atoms with Crippen molar-refractivity contribution in [1.29, 1.82) is 0 Å². The summed E-state index contributed by atoms with van der Waals surface area (Å²) in [5.41, 5.74) is 2.06. The molecular formula is C24H39N3O3S. The van der Waals surface area contributed by atoms with Gasteiger partial charge in [0.1, 0.15) is 0 Å². The Labute approximate surface area is 188 Å². The predicted octanol–water partition coefficient (Wildman–Crippen LogP) is 3.33. The Morgan fingerprint density at radius 1 is 1.00 bits per heavy atom. The van der Waals surface area contributed by atoms with E-state index in [1.807, 2.05) is 19.9 Å². The molecule has 1 aromatic rings. The third kappa shape index (κ3) is 6.53. The van der Waals surface area contributed by atoms with Crippen LogP contribution < -0.4 is 5.32 Å². The number of nitrogens with one attached hydrogen (secondary N) is 1. The molecule has 7 heteroatoms. The van der Waals surface area contributed by atoms with Crippen LogP contribution in [0.2, 0.25) is 0 Å². The standard InChI is InChI=1S/C24H39N3O3S/c1-19-8-14-26(15-9-19)13-5-4-12-25-24(28)22-10-16-27(17-11-22)31(29,30)23-7-6-20(2)21(3)18-23/h6-7,18-19,22H,4-5,8-17H2,1-3H3,(H,25,28). The highest BCUT2D eigenvalue weighted by Gasteiger charge is 2.32. The van der Waals surface area contributed by atoms with Crippen molar-refractivity contribution in [3.63, 3.8) is 0 Å². The molecule has 0 aromatic heterocycles. The monoisotopic (exact) mass is 449 g/mol. The van der Waals surface area contributed by atoms with Crippen LogP contribution in [0.3, 0.4) is 0 Å². The van der Waals surface area contributed by atoms with Crippen molar-refractivity contribution in [3.05, 3.63) is 29.3 Å². The lowest BCUT2D eigenvalue weighted by molar-refractivity contribution is -0.126. The Morgan fingerprint density at radius 3 is 2.32 bits per heavy atom. The smallest absolute Gasteiger partial charge is 0.243 e. The second-order valence-electron chi connectivity index (χ2n) is 9.45. The van der Waals surface area contributed by atoms with Crippen LogP contribution >= 0.6 is 0 Å². The highest BCUT2D eigenvalue weighted by Crippen LogP contribution is 2.25. The summed E-state index contributed by atoms with van der Waals surface area (Å²) in [6.45, 7) is 11.3. The van der Waals surface area contributed by atoms with E-state index in [9.17, 15) is 13.2 Å².